The van der Waals surface area contributed by atoms with Gasteiger partial charge in [-0.3, -0.25) is 0 Å². The van der Waals surface area contributed by atoms with E-state index in [9.17, 15) is 13.2 Å². The molecule has 0 saturated heterocycles. The molecule has 0 aliphatic carbocycles. The van der Waals surface area contributed by atoms with Crippen LogP contribution in [0, 0.1) is 6.92 Å². The van der Waals surface area contributed by atoms with Crippen LogP contribution in [0.3, 0.4) is 0 Å². The number of rotatable bonds is 4. The van der Waals surface area contributed by atoms with Gasteiger partial charge in [0.1, 0.15) is 0 Å². The minimum absolute atomic E-state index is 0.0766. The van der Waals surface area contributed by atoms with E-state index in [2.05, 4.69) is 5.32 Å². The molecular formula is C13H18F3N. The molecule has 0 heterocycles. The van der Waals surface area contributed by atoms with Crippen LogP contribution in [0.1, 0.15) is 37.4 Å². The Hall–Kier alpha value is -1.03. The summed E-state index contributed by atoms with van der Waals surface area (Å²) in [5.41, 5.74) is 2.12. The summed E-state index contributed by atoms with van der Waals surface area (Å²) < 4.78 is 36.5. The van der Waals surface area contributed by atoms with Gasteiger partial charge in [0, 0.05) is 12.1 Å². The summed E-state index contributed by atoms with van der Waals surface area (Å²) in [7, 11) is 0. The smallest absolute Gasteiger partial charge is 0.307 e. The van der Waals surface area contributed by atoms with Crippen molar-refractivity contribution in [3.05, 3.63) is 35.4 Å². The van der Waals surface area contributed by atoms with Crippen molar-refractivity contribution in [2.75, 3.05) is 0 Å². The van der Waals surface area contributed by atoms with Gasteiger partial charge in [-0.05, 0) is 26.3 Å². The maximum Gasteiger partial charge on any atom is 0.390 e. The molecule has 0 bridgehead atoms. The van der Waals surface area contributed by atoms with Crippen LogP contribution in [0.5, 0.6) is 0 Å². The molecule has 1 rings (SSSR count). The standard InChI is InChI=1S/C13H18F3N/c1-9-5-4-6-12(7-9)11(3)17-10(2)8-13(14,15)16/h4-7,10-11,17H,8H2,1-3H3. The largest absolute Gasteiger partial charge is 0.390 e. The second-order valence-electron chi connectivity index (χ2n) is 4.52. The fourth-order valence-electron chi connectivity index (χ4n) is 1.87. The first-order chi connectivity index (χ1) is 7.78. The van der Waals surface area contributed by atoms with Crippen molar-refractivity contribution >= 4 is 0 Å². The Morgan fingerprint density at radius 1 is 1.24 bits per heavy atom. The summed E-state index contributed by atoms with van der Waals surface area (Å²) in [5.74, 6) is 0. The van der Waals surface area contributed by atoms with Crippen LogP contribution in [-0.2, 0) is 0 Å². The summed E-state index contributed by atoms with van der Waals surface area (Å²) in [5, 5.41) is 2.96. The van der Waals surface area contributed by atoms with Gasteiger partial charge >= 0.3 is 6.18 Å². The number of benzene rings is 1. The van der Waals surface area contributed by atoms with E-state index in [1.807, 2.05) is 38.1 Å². The maximum absolute atomic E-state index is 12.2. The first kappa shape index (κ1) is 14.0. The third-order valence-corrected chi connectivity index (χ3v) is 2.61. The zero-order chi connectivity index (χ0) is 13.1. The van der Waals surface area contributed by atoms with Gasteiger partial charge in [0.15, 0.2) is 0 Å². The molecule has 0 aromatic heterocycles. The van der Waals surface area contributed by atoms with E-state index in [0.717, 1.165) is 11.1 Å². The number of hydrogen-bond acceptors (Lipinski definition) is 1. The van der Waals surface area contributed by atoms with Gasteiger partial charge in [0.2, 0.25) is 0 Å². The number of halogens is 3. The molecule has 0 aliphatic rings. The van der Waals surface area contributed by atoms with E-state index in [1.54, 1.807) is 6.92 Å². The molecule has 0 radical (unpaired) electrons. The van der Waals surface area contributed by atoms with Gasteiger partial charge in [-0.2, -0.15) is 13.2 Å². The van der Waals surface area contributed by atoms with E-state index in [1.165, 1.54) is 0 Å². The lowest BCUT2D eigenvalue weighted by Gasteiger charge is -2.21. The Morgan fingerprint density at radius 2 is 1.88 bits per heavy atom. The highest BCUT2D eigenvalue weighted by Crippen LogP contribution is 2.23. The summed E-state index contributed by atoms with van der Waals surface area (Å²) >= 11 is 0. The predicted octanol–water partition coefficient (Wildman–Crippen LogP) is 3.99. The number of alkyl halides is 3. The van der Waals surface area contributed by atoms with Crippen molar-refractivity contribution in [3.8, 4) is 0 Å². The summed E-state index contributed by atoms with van der Waals surface area (Å²) in [6, 6.07) is 7.13. The third kappa shape index (κ3) is 5.22. The summed E-state index contributed by atoms with van der Waals surface area (Å²) in [4.78, 5) is 0. The molecule has 2 unspecified atom stereocenters. The first-order valence-corrected chi connectivity index (χ1v) is 5.67. The van der Waals surface area contributed by atoms with Gasteiger partial charge in [0.05, 0.1) is 6.42 Å². The van der Waals surface area contributed by atoms with Gasteiger partial charge in [-0.1, -0.05) is 29.8 Å². The lowest BCUT2D eigenvalue weighted by molar-refractivity contribution is -0.139. The molecule has 1 aromatic rings. The molecule has 1 nitrogen and oxygen atoms in total. The highest BCUT2D eigenvalue weighted by atomic mass is 19.4. The Kier molecular flexibility index (Phi) is 4.57. The number of nitrogens with one attached hydrogen (secondary N) is 1. The third-order valence-electron chi connectivity index (χ3n) is 2.61. The molecule has 0 saturated carbocycles. The van der Waals surface area contributed by atoms with Crippen molar-refractivity contribution in [2.45, 2.75) is 45.5 Å². The lowest BCUT2D eigenvalue weighted by Crippen LogP contribution is -2.33. The van der Waals surface area contributed by atoms with Crippen LogP contribution in [0.4, 0.5) is 13.2 Å². The number of aryl methyl sites for hydroxylation is 1. The molecule has 1 N–H and O–H groups in total. The van der Waals surface area contributed by atoms with Crippen molar-refractivity contribution in [2.24, 2.45) is 0 Å². The highest BCUT2D eigenvalue weighted by Gasteiger charge is 2.30. The van der Waals surface area contributed by atoms with Gasteiger partial charge in [0.25, 0.3) is 0 Å². The highest BCUT2D eigenvalue weighted by molar-refractivity contribution is 5.24. The molecule has 4 heteroatoms. The normalized spacial score (nSPS) is 15.6. The van der Waals surface area contributed by atoms with Crippen LogP contribution in [0.2, 0.25) is 0 Å². The van der Waals surface area contributed by atoms with Crippen LogP contribution in [0.15, 0.2) is 24.3 Å². The van der Waals surface area contributed by atoms with Crippen LogP contribution < -0.4 is 5.32 Å². The zero-order valence-corrected chi connectivity index (χ0v) is 10.3. The lowest BCUT2D eigenvalue weighted by atomic mass is 10.0. The minimum Gasteiger partial charge on any atom is -0.307 e. The molecule has 0 amide bonds. The van der Waals surface area contributed by atoms with Crippen LogP contribution in [0.25, 0.3) is 0 Å². The molecular weight excluding hydrogens is 227 g/mol. The quantitative estimate of drug-likeness (QED) is 0.845. The van der Waals surface area contributed by atoms with Crippen molar-refractivity contribution in [1.82, 2.24) is 5.32 Å². The van der Waals surface area contributed by atoms with E-state index in [-0.39, 0.29) is 6.04 Å². The van der Waals surface area contributed by atoms with Crippen molar-refractivity contribution < 1.29 is 13.2 Å². The molecule has 0 aliphatic heterocycles. The Bertz CT molecular complexity index is 360. The molecule has 2 atom stereocenters. The van der Waals surface area contributed by atoms with E-state index >= 15 is 0 Å². The van der Waals surface area contributed by atoms with E-state index in [0.29, 0.717) is 0 Å². The van der Waals surface area contributed by atoms with Gasteiger partial charge < -0.3 is 5.32 Å². The average molecular weight is 245 g/mol. The Balaban J connectivity index is 2.57. The maximum atomic E-state index is 12.2. The molecule has 0 fully saturated rings. The summed E-state index contributed by atoms with van der Waals surface area (Å²) in [6.07, 6.45) is -4.91. The minimum atomic E-state index is -4.11. The van der Waals surface area contributed by atoms with Crippen molar-refractivity contribution in [3.63, 3.8) is 0 Å². The van der Waals surface area contributed by atoms with E-state index in [4.69, 9.17) is 0 Å². The average Bonchev–Trinajstić information content (AvgIpc) is 2.14. The predicted molar refractivity (Wildman–Crippen MR) is 62.9 cm³/mol. The van der Waals surface area contributed by atoms with Crippen LogP contribution in [-0.4, -0.2) is 12.2 Å². The second kappa shape index (κ2) is 5.54. The summed E-state index contributed by atoms with van der Waals surface area (Å²) in [6.45, 7) is 5.40. The molecule has 96 valence electrons. The van der Waals surface area contributed by atoms with Crippen LogP contribution >= 0.6 is 0 Å². The molecule has 17 heavy (non-hydrogen) atoms. The fourth-order valence-corrected chi connectivity index (χ4v) is 1.87. The number of hydrogen-bond donors (Lipinski definition) is 1. The first-order valence-electron chi connectivity index (χ1n) is 5.67. The fraction of sp³-hybridized carbons (Fsp3) is 0.538. The zero-order valence-electron chi connectivity index (χ0n) is 10.3. The molecule has 0 spiro atoms. The topological polar surface area (TPSA) is 12.0 Å². The van der Waals surface area contributed by atoms with Gasteiger partial charge in [-0.15, -0.1) is 0 Å². The molecule has 1 aromatic carbocycles. The second-order valence-corrected chi connectivity index (χ2v) is 4.52. The monoisotopic (exact) mass is 245 g/mol. The Labute approximate surface area is 100 Å². The van der Waals surface area contributed by atoms with Gasteiger partial charge in [-0.25, -0.2) is 0 Å². The van der Waals surface area contributed by atoms with Crippen molar-refractivity contribution in [1.29, 1.82) is 0 Å². The van der Waals surface area contributed by atoms with E-state index < -0.39 is 18.6 Å². The Morgan fingerprint density at radius 3 is 2.41 bits per heavy atom. The SMILES string of the molecule is Cc1cccc(C(C)NC(C)CC(F)(F)F)c1.